The van der Waals surface area contributed by atoms with E-state index in [9.17, 15) is 9.90 Å². The highest BCUT2D eigenvalue weighted by Gasteiger charge is 2.28. The number of benzene rings is 2. The molecule has 192 valence electrons. The summed E-state index contributed by atoms with van der Waals surface area (Å²) in [6.45, 7) is 2.18. The highest BCUT2D eigenvalue weighted by molar-refractivity contribution is 6.30. The summed E-state index contributed by atoms with van der Waals surface area (Å²) in [7, 11) is 3.48. The number of hydrogen-bond donors (Lipinski definition) is 1. The van der Waals surface area contributed by atoms with Crippen molar-refractivity contribution in [1.29, 1.82) is 0 Å². The van der Waals surface area contributed by atoms with Crippen LogP contribution in [0.15, 0.2) is 91.4 Å². The maximum atomic E-state index is 11.9. The van der Waals surface area contributed by atoms with Gasteiger partial charge in [-0.15, -0.1) is 0 Å². The molecule has 2 aromatic carbocycles. The van der Waals surface area contributed by atoms with Gasteiger partial charge in [-0.1, -0.05) is 59.6 Å². The third-order valence-corrected chi connectivity index (χ3v) is 6.30. The zero-order valence-corrected chi connectivity index (χ0v) is 22.4. The van der Waals surface area contributed by atoms with E-state index in [4.69, 9.17) is 27.9 Å². The predicted molar refractivity (Wildman–Crippen MR) is 147 cm³/mol. The molecule has 1 N–H and O–H groups in total. The van der Waals surface area contributed by atoms with E-state index in [1.807, 2.05) is 54.4 Å². The van der Waals surface area contributed by atoms with E-state index >= 15 is 0 Å². The van der Waals surface area contributed by atoms with Crippen LogP contribution < -0.4 is 0 Å². The largest absolute Gasteiger partial charge is 0.381 e. The molecule has 0 saturated heterocycles. The number of aldehydes is 1. The summed E-state index contributed by atoms with van der Waals surface area (Å²) in [6, 6.07) is 21.9. The molecule has 2 atom stereocenters. The Kier molecular flexibility index (Phi) is 10.3. The van der Waals surface area contributed by atoms with E-state index in [1.54, 1.807) is 63.0 Å². The summed E-state index contributed by atoms with van der Waals surface area (Å²) < 4.78 is 5.69. The second kappa shape index (κ2) is 13.4. The number of hydrogen-bond acceptors (Lipinski definition) is 6. The first kappa shape index (κ1) is 28.4. The van der Waals surface area contributed by atoms with Gasteiger partial charge < -0.3 is 9.84 Å². The fourth-order valence-corrected chi connectivity index (χ4v) is 4.08. The molecule has 0 aliphatic heterocycles. The molecule has 4 aromatic rings. The summed E-state index contributed by atoms with van der Waals surface area (Å²) in [4.78, 5) is 22.2. The Morgan fingerprint density at radius 2 is 1.76 bits per heavy atom. The fourth-order valence-electron chi connectivity index (χ4n) is 3.82. The van der Waals surface area contributed by atoms with Gasteiger partial charge in [-0.05, 0) is 55.9 Å². The maximum absolute atomic E-state index is 11.9. The number of carbonyl (C=O) groups excluding carboxylic acids is 1. The van der Waals surface area contributed by atoms with Crippen LogP contribution >= 0.6 is 23.2 Å². The molecule has 4 rings (SSSR count). The third kappa shape index (κ3) is 7.68. The molecule has 0 bridgehead atoms. The normalized spacial score (nSPS) is 13.3. The molecule has 0 radical (unpaired) electrons. The van der Waals surface area contributed by atoms with Gasteiger partial charge in [0.05, 0.1) is 10.7 Å². The first-order valence-corrected chi connectivity index (χ1v) is 12.3. The van der Waals surface area contributed by atoms with Gasteiger partial charge in [0.15, 0.2) is 0 Å². The Hall–Kier alpha value is -3.13. The van der Waals surface area contributed by atoms with E-state index in [2.05, 4.69) is 9.97 Å². The van der Waals surface area contributed by atoms with Crippen molar-refractivity contribution in [3.05, 3.63) is 129 Å². The van der Waals surface area contributed by atoms with E-state index in [0.717, 1.165) is 17.0 Å². The Bertz CT molecular complexity index is 1270. The Morgan fingerprint density at radius 3 is 2.30 bits per heavy atom. The highest BCUT2D eigenvalue weighted by Crippen LogP contribution is 2.32. The third-order valence-electron chi connectivity index (χ3n) is 5.82. The van der Waals surface area contributed by atoms with Crippen molar-refractivity contribution in [3.63, 3.8) is 0 Å². The molecule has 0 fully saturated rings. The van der Waals surface area contributed by atoms with Crippen molar-refractivity contribution in [2.24, 2.45) is 0 Å². The molecule has 2 heterocycles. The van der Waals surface area contributed by atoms with Crippen LogP contribution in [0.5, 0.6) is 0 Å². The van der Waals surface area contributed by atoms with Gasteiger partial charge in [0.1, 0.15) is 18.1 Å². The van der Waals surface area contributed by atoms with E-state index < -0.39 is 11.8 Å². The summed E-state index contributed by atoms with van der Waals surface area (Å²) >= 11 is 11.4. The van der Waals surface area contributed by atoms with Gasteiger partial charge in [-0.2, -0.15) is 0 Å². The minimum Gasteiger partial charge on any atom is -0.381 e. The summed E-state index contributed by atoms with van der Waals surface area (Å²) in [5.74, 6) is 0. The molecule has 0 spiro atoms. The number of pyridine rings is 2. The minimum absolute atomic E-state index is 0.444. The lowest BCUT2D eigenvalue weighted by Gasteiger charge is -2.29. The highest BCUT2D eigenvalue weighted by atomic mass is 35.5. The van der Waals surface area contributed by atoms with Gasteiger partial charge in [0.2, 0.25) is 0 Å². The van der Waals surface area contributed by atoms with Gasteiger partial charge in [-0.3, -0.25) is 19.7 Å². The Morgan fingerprint density at radius 1 is 1.00 bits per heavy atom. The van der Waals surface area contributed by atoms with Crippen molar-refractivity contribution in [3.8, 4) is 0 Å². The van der Waals surface area contributed by atoms with Gasteiger partial charge in [0, 0.05) is 54.0 Å². The quantitative estimate of drug-likeness (QED) is 0.209. The SMILES string of the molecule is COC(c1ccc(C(C)(O)c2cccnc2)cc1C=O)N(C)Cc1ccc(Cl)cn1.Clc1ccccc1. The van der Waals surface area contributed by atoms with Crippen LogP contribution in [0.3, 0.4) is 0 Å². The Labute approximate surface area is 227 Å². The monoisotopic (exact) mass is 537 g/mol. The molecule has 6 nitrogen and oxygen atoms in total. The summed E-state index contributed by atoms with van der Waals surface area (Å²) in [6.07, 6.45) is 5.16. The first-order valence-electron chi connectivity index (χ1n) is 11.5. The molecule has 0 saturated carbocycles. The second-order valence-electron chi connectivity index (χ2n) is 8.54. The average Bonchev–Trinajstić information content (AvgIpc) is 2.92. The number of ether oxygens (including phenoxy) is 1. The molecule has 37 heavy (non-hydrogen) atoms. The van der Waals surface area contributed by atoms with Crippen LogP contribution in [-0.2, 0) is 16.9 Å². The smallest absolute Gasteiger partial charge is 0.150 e. The number of carbonyl (C=O) groups is 1. The van der Waals surface area contributed by atoms with Gasteiger partial charge in [-0.25, -0.2) is 0 Å². The minimum atomic E-state index is -1.29. The van der Waals surface area contributed by atoms with Crippen molar-refractivity contribution in [2.45, 2.75) is 25.3 Å². The molecule has 8 heteroatoms. The van der Waals surface area contributed by atoms with Crippen LogP contribution in [0.1, 0.15) is 45.9 Å². The molecular formula is C29H29Cl2N3O3. The molecular weight excluding hydrogens is 509 g/mol. The van der Waals surface area contributed by atoms with Crippen LogP contribution in [0.4, 0.5) is 0 Å². The summed E-state index contributed by atoms with van der Waals surface area (Å²) in [5.41, 5.74) is 1.93. The second-order valence-corrected chi connectivity index (χ2v) is 9.41. The van der Waals surface area contributed by atoms with Crippen LogP contribution in [-0.4, -0.2) is 40.4 Å². The lowest BCUT2D eigenvalue weighted by molar-refractivity contribution is -0.0255. The van der Waals surface area contributed by atoms with Crippen molar-refractivity contribution in [1.82, 2.24) is 14.9 Å². The lowest BCUT2D eigenvalue weighted by atomic mass is 9.87. The number of methoxy groups -OCH3 is 1. The van der Waals surface area contributed by atoms with Crippen LogP contribution in [0.25, 0.3) is 0 Å². The Balaban J connectivity index is 0.000000468. The molecule has 2 aromatic heterocycles. The number of rotatable bonds is 8. The molecule has 2 unspecified atom stereocenters. The van der Waals surface area contributed by atoms with Crippen molar-refractivity contribution in [2.75, 3.05) is 14.2 Å². The lowest BCUT2D eigenvalue weighted by Crippen LogP contribution is -2.28. The predicted octanol–water partition coefficient (Wildman–Crippen LogP) is 6.32. The van der Waals surface area contributed by atoms with E-state index in [1.165, 1.54) is 0 Å². The zero-order chi connectivity index (χ0) is 26.8. The molecule has 0 aliphatic carbocycles. The number of aromatic nitrogens is 2. The van der Waals surface area contributed by atoms with E-state index in [-0.39, 0.29) is 0 Å². The first-order chi connectivity index (χ1) is 17.8. The fraction of sp³-hybridized carbons (Fsp3) is 0.207. The molecule has 0 aliphatic rings. The van der Waals surface area contributed by atoms with Crippen molar-refractivity contribution < 1.29 is 14.6 Å². The standard InChI is InChI=1S/C23H24ClN3O3.C6H5Cl/c1-23(29,18-5-4-10-25-12-18)17-6-9-21(16(11-17)15-28)22(30-3)27(2)14-20-8-7-19(24)13-26-20;7-6-4-2-1-3-5-6/h4-13,15,22,29H,14H2,1-3H3;1-5H. The van der Waals surface area contributed by atoms with Crippen molar-refractivity contribution >= 4 is 29.5 Å². The van der Waals surface area contributed by atoms with Gasteiger partial charge >= 0.3 is 0 Å². The molecule has 0 amide bonds. The summed E-state index contributed by atoms with van der Waals surface area (Å²) in [5, 5.41) is 12.4. The van der Waals surface area contributed by atoms with Gasteiger partial charge in [0.25, 0.3) is 0 Å². The van der Waals surface area contributed by atoms with Crippen LogP contribution in [0, 0.1) is 0 Å². The van der Waals surface area contributed by atoms with Crippen LogP contribution in [0.2, 0.25) is 10.0 Å². The van der Waals surface area contributed by atoms with E-state index in [0.29, 0.717) is 33.8 Å². The number of nitrogens with zero attached hydrogens (tertiary/aromatic N) is 3. The topological polar surface area (TPSA) is 75.6 Å². The number of aliphatic hydroxyl groups is 1. The average molecular weight is 538 g/mol. The zero-order valence-electron chi connectivity index (χ0n) is 20.9. The number of halogens is 2. The maximum Gasteiger partial charge on any atom is 0.150 e.